The Hall–Kier alpha value is -3.02. The van der Waals surface area contributed by atoms with Gasteiger partial charge < -0.3 is 5.32 Å². The largest absolute Gasteiger partial charge is 0.345 e. The molecule has 0 saturated carbocycles. The summed E-state index contributed by atoms with van der Waals surface area (Å²) in [6, 6.07) is 15.7. The number of hydrogen-bond donors (Lipinski definition) is 1. The minimum atomic E-state index is -0.109. The summed E-state index contributed by atoms with van der Waals surface area (Å²) in [5.74, 6) is -0.109. The Morgan fingerprint density at radius 2 is 1.96 bits per heavy atom. The molecule has 120 valence electrons. The monoisotopic (exact) mass is 319 g/mol. The molecule has 0 saturated heterocycles. The van der Waals surface area contributed by atoms with E-state index in [1.807, 2.05) is 24.3 Å². The number of benzene rings is 2. The number of aromatic nitrogens is 4. The van der Waals surface area contributed by atoms with Crippen molar-refractivity contribution in [3.63, 3.8) is 0 Å². The average molecular weight is 319 g/mol. The van der Waals surface area contributed by atoms with Crippen LogP contribution < -0.4 is 5.32 Å². The van der Waals surface area contributed by atoms with E-state index in [2.05, 4.69) is 39.0 Å². The van der Waals surface area contributed by atoms with Crippen molar-refractivity contribution in [1.82, 2.24) is 25.5 Å². The number of tetrazole rings is 1. The number of hydrogen-bond acceptors (Lipinski definition) is 4. The molecule has 1 N–H and O–H groups in total. The van der Waals surface area contributed by atoms with Crippen molar-refractivity contribution in [2.45, 2.75) is 25.3 Å². The number of carbonyl (C=O) groups is 1. The first kappa shape index (κ1) is 14.6. The number of amides is 1. The number of fused-ring (bicyclic) bond motifs is 1. The molecule has 4 rings (SSSR count). The van der Waals surface area contributed by atoms with Gasteiger partial charge in [-0.1, -0.05) is 36.4 Å². The number of aryl methyl sites for hydroxylation is 1. The third kappa shape index (κ3) is 2.67. The minimum Gasteiger partial charge on any atom is -0.345 e. The molecule has 1 atom stereocenters. The predicted octanol–water partition coefficient (Wildman–Crippen LogP) is 2.47. The molecule has 0 radical (unpaired) electrons. The van der Waals surface area contributed by atoms with E-state index in [1.54, 1.807) is 6.07 Å². The second kappa shape index (κ2) is 6.23. The summed E-state index contributed by atoms with van der Waals surface area (Å²) in [6.45, 7) is 0. The van der Waals surface area contributed by atoms with Gasteiger partial charge in [0.2, 0.25) is 0 Å². The van der Waals surface area contributed by atoms with E-state index in [0.29, 0.717) is 11.3 Å². The Kier molecular flexibility index (Phi) is 3.78. The van der Waals surface area contributed by atoms with Gasteiger partial charge in [0.25, 0.3) is 5.91 Å². The van der Waals surface area contributed by atoms with Crippen LogP contribution in [0.5, 0.6) is 0 Å². The van der Waals surface area contributed by atoms with Crippen LogP contribution in [0.4, 0.5) is 0 Å². The number of rotatable bonds is 3. The Morgan fingerprint density at radius 3 is 2.83 bits per heavy atom. The highest BCUT2D eigenvalue weighted by molar-refractivity contribution is 5.98. The molecule has 6 nitrogen and oxygen atoms in total. The van der Waals surface area contributed by atoms with Gasteiger partial charge in [-0.05, 0) is 52.9 Å². The average Bonchev–Trinajstić information content (AvgIpc) is 3.16. The number of nitrogens with zero attached hydrogens (tertiary/aromatic N) is 4. The lowest BCUT2D eigenvalue weighted by Gasteiger charge is -2.26. The first-order valence-electron chi connectivity index (χ1n) is 8.04. The Bertz CT molecular complexity index is 859. The van der Waals surface area contributed by atoms with Crippen molar-refractivity contribution < 1.29 is 4.79 Å². The minimum absolute atomic E-state index is 0.0457. The fourth-order valence-corrected chi connectivity index (χ4v) is 3.28. The molecule has 1 aromatic heterocycles. The number of carbonyl (C=O) groups excluding carboxylic acids is 1. The molecular formula is C18H17N5O. The maximum Gasteiger partial charge on any atom is 0.253 e. The van der Waals surface area contributed by atoms with Crippen LogP contribution in [0, 0.1) is 0 Å². The molecule has 1 amide bonds. The quantitative estimate of drug-likeness (QED) is 0.805. The van der Waals surface area contributed by atoms with E-state index in [4.69, 9.17) is 0 Å². The van der Waals surface area contributed by atoms with Crippen molar-refractivity contribution in [3.05, 3.63) is 71.5 Å². The van der Waals surface area contributed by atoms with Gasteiger partial charge in [-0.25, -0.2) is 0 Å². The van der Waals surface area contributed by atoms with Gasteiger partial charge in [0.1, 0.15) is 6.33 Å². The first-order valence-corrected chi connectivity index (χ1v) is 8.04. The van der Waals surface area contributed by atoms with Gasteiger partial charge in [0, 0.05) is 0 Å². The molecular weight excluding hydrogens is 302 g/mol. The molecule has 0 spiro atoms. The van der Waals surface area contributed by atoms with Gasteiger partial charge in [-0.3, -0.25) is 4.79 Å². The molecule has 3 aromatic rings. The van der Waals surface area contributed by atoms with Crippen LogP contribution in [0.1, 0.15) is 40.4 Å². The van der Waals surface area contributed by atoms with Crippen molar-refractivity contribution in [2.24, 2.45) is 0 Å². The molecule has 0 fully saturated rings. The van der Waals surface area contributed by atoms with E-state index in [0.717, 1.165) is 19.3 Å². The third-order valence-corrected chi connectivity index (χ3v) is 4.42. The van der Waals surface area contributed by atoms with E-state index in [9.17, 15) is 4.79 Å². The summed E-state index contributed by atoms with van der Waals surface area (Å²) >= 11 is 0. The van der Waals surface area contributed by atoms with E-state index in [-0.39, 0.29) is 11.9 Å². The van der Waals surface area contributed by atoms with Gasteiger partial charge in [0.05, 0.1) is 17.3 Å². The van der Waals surface area contributed by atoms with Crippen LogP contribution >= 0.6 is 0 Å². The zero-order valence-corrected chi connectivity index (χ0v) is 13.1. The summed E-state index contributed by atoms with van der Waals surface area (Å²) in [7, 11) is 0. The van der Waals surface area contributed by atoms with E-state index in [1.165, 1.54) is 22.1 Å². The highest BCUT2D eigenvalue weighted by atomic mass is 16.1. The van der Waals surface area contributed by atoms with Crippen LogP contribution in [0.15, 0.2) is 54.9 Å². The topological polar surface area (TPSA) is 72.7 Å². The summed E-state index contributed by atoms with van der Waals surface area (Å²) in [5, 5.41) is 14.4. The number of nitrogens with one attached hydrogen (secondary N) is 1. The van der Waals surface area contributed by atoms with Crippen LogP contribution in [-0.4, -0.2) is 26.1 Å². The lowest BCUT2D eigenvalue weighted by Crippen LogP contribution is -2.31. The maximum atomic E-state index is 12.8. The SMILES string of the molecule is O=C(N[C@H]1CCCc2ccccc21)c1ccccc1-n1cnnn1. The zero-order chi connectivity index (χ0) is 16.4. The van der Waals surface area contributed by atoms with Crippen LogP contribution in [-0.2, 0) is 6.42 Å². The summed E-state index contributed by atoms with van der Waals surface area (Å²) < 4.78 is 1.50. The first-order chi connectivity index (χ1) is 11.8. The molecule has 6 heteroatoms. The molecule has 24 heavy (non-hydrogen) atoms. The Labute approximate surface area is 139 Å². The molecule has 0 unspecified atom stereocenters. The van der Waals surface area contributed by atoms with E-state index >= 15 is 0 Å². The molecule has 1 aliphatic carbocycles. The van der Waals surface area contributed by atoms with Crippen molar-refractivity contribution >= 4 is 5.91 Å². The zero-order valence-electron chi connectivity index (χ0n) is 13.1. The van der Waals surface area contributed by atoms with Crippen molar-refractivity contribution in [3.8, 4) is 5.69 Å². The van der Waals surface area contributed by atoms with E-state index < -0.39 is 0 Å². The normalized spacial score (nSPS) is 16.4. The number of para-hydroxylation sites is 1. The summed E-state index contributed by atoms with van der Waals surface area (Å²) in [4.78, 5) is 12.8. The second-order valence-electron chi connectivity index (χ2n) is 5.89. The highest BCUT2D eigenvalue weighted by Crippen LogP contribution is 2.29. The van der Waals surface area contributed by atoms with Crippen molar-refractivity contribution in [2.75, 3.05) is 0 Å². The predicted molar refractivity (Wildman–Crippen MR) is 88.7 cm³/mol. The second-order valence-corrected chi connectivity index (χ2v) is 5.89. The van der Waals surface area contributed by atoms with Gasteiger partial charge in [0.15, 0.2) is 0 Å². The molecule has 2 aromatic carbocycles. The molecule has 0 aliphatic heterocycles. The van der Waals surface area contributed by atoms with Gasteiger partial charge in [-0.2, -0.15) is 4.68 Å². The van der Waals surface area contributed by atoms with Gasteiger partial charge in [-0.15, -0.1) is 5.10 Å². The Balaban J connectivity index is 1.63. The third-order valence-electron chi connectivity index (χ3n) is 4.42. The summed E-state index contributed by atoms with van der Waals surface area (Å²) in [6.07, 6.45) is 4.60. The fraction of sp³-hybridized carbons (Fsp3) is 0.222. The summed E-state index contributed by atoms with van der Waals surface area (Å²) in [5.41, 5.74) is 3.77. The standard InChI is InChI=1S/C18H17N5O/c24-18(15-9-3-4-11-17(15)23-12-19-21-22-23)20-16-10-5-7-13-6-1-2-8-14(13)16/h1-4,6,8-9,11-12,16H,5,7,10H2,(H,20,24)/t16-/m0/s1. The maximum absolute atomic E-state index is 12.8. The van der Waals surface area contributed by atoms with Crippen LogP contribution in [0.3, 0.4) is 0 Å². The van der Waals surface area contributed by atoms with Gasteiger partial charge >= 0.3 is 0 Å². The van der Waals surface area contributed by atoms with Crippen LogP contribution in [0.25, 0.3) is 5.69 Å². The highest BCUT2D eigenvalue weighted by Gasteiger charge is 2.23. The molecule has 1 heterocycles. The van der Waals surface area contributed by atoms with Crippen molar-refractivity contribution in [1.29, 1.82) is 0 Å². The smallest absolute Gasteiger partial charge is 0.253 e. The van der Waals surface area contributed by atoms with Crippen LogP contribution in [0.2, 0.25) is 0 Å². The lowest BCUT2D eigenvalue weighted by atomic mass is 9.87. The Morgan fingerprint density at radius 1 is 1.12 bits per heavy atom. The molecule has 0 bridgehead atoms. The molecule has 1 aliphatic rings. The lowest BCUT2D eigenvalue weighted by molar-refractivity contribution is 0.0932. The fourth-order valence-electron chi connectivity index (χ4n) is 3.28.